The number of aliphatic hydroxyl groups excluding tert-OH is 2. The average Bonchev–Trinajstić information content (AvgIpc) is 1.97. The van der Waals surface area contributed by atoms with Crippen molar-refractivity contribution >= 4 is 0 Å². The minimum absolute atomic E-state index is 0.237. The standard InChI is InChI=1S/C9H18O2/c1-5-4-6(2)8(10)9(11)7(5)3/h5-11H,4H2,1-3H3. The summed E-state index contributed by atoms with van der Waals surface area (Å²) in [6.07, 6.45) is -0.00528. The third-order valence-corrected chi connectivity index (χ3v) is 3.11. The molecule has 1 fully saturated rings. The third-order valence-electron chi connectivity index (χ3n) is 3.11. The largest absolute Gasteiger partial charge is 0.390 e. The number of aliphatic hydroxyl groups is 2. The van der Waals surface area contributed by atoms with Gasteiger partial charge < -0.3 is 10.2 Å². The van der Waals surface area contributed by atoms with Crippen LogP contribution in [0.3, 0.4) is 0 Å². The van der Waals surface area contributed by atoms with Crippen LogP contribution in [0.5, 0.6) is 0 Å². The van der Waals surface area contributed by atoms with Gasteiger partial charge in [0, 0.05) is 0 Å². The topological polar surface area (TPSA) is 40.5 Å². The van der Waals surface area contributed by atoms with Crippen LogP contribution in [-0.2, 0) is 0 Å². The maximum absolute atomic E-state index is 9.54. The lowest BCUT2D eigenvalue weighted by atomic mass is 9.73. The summed E-state index contributed by atoms with van der Waals surface area (Å²) in [7, 11) is 0. The van der Waals surface area contributed by atoms with Crippen LogP contribution in [0, 0.1) is 17.8 Å². The van der Waals surface area contributed by atoms with Crippen LogP contribution in [0.1, 0.15) is 27.2 Å². The van der Waals surface area contributed by atoms with E-state index in [1.165, 1.54) is 0 Å². The molecule has 1 saturated carbocycles. The van der Waals surface area contributed by atoms with Crippen LogP contribution < -0.4 is 0 Å². The van der Waals surface area contributed by atoms with Crippen molar-refractivity contribution in [2.75, 3.05) is 0 Å². The average molecular weight is 158 g/mol. The van der Waals surface area contributed by atoms with E-state index in [2.05, 4.69) is 6.92 Å². The van der Waals surface area contributed by atoms with E-state index in [4.69, 9.17) is 0 Å². The van der Waals surface area contributed by atoms with Gasteiger partial charge in [0.2, 0.25) is 0 Å². The maximum atomic E-state index is 9.54. The Hall–Kier alpha value is -0.0800. The van der Waals surface area contributed by atoms with E-state index in [9.17, 15) is 10.2 Å². The summed E-state index contributed by atoms with van der Waals surface area (Å²) in [5, 5.41) is 19.0. The van der Waals surface area contributed by atoms with Crippen molar-refractivity contribution in [1.82, 2.24) is 0 Å². The highest BCUT2D eigenvalue weighted by atomic mass is 16.3. The molecular formula is C9H18O2. The van der Waals surface area contributed by atoms with Gasteiger partial charge in [-0.3, -0.25) is 0 Å². The highest BCUT2D eigenvalue weighted by Crippen LogP contribution is 2.33. The molecule has 1 aliphatic carbocycles. The predicted octanol–water partition coefficient (Wildman–Crippen LogP) is 1.02. The summed E-state index contributed by atoms with van der Waals surface area (Å²) >= 11 is 0. The number of rotatable bonds is 0. The third kappa shape index (κ3) is 1.57. The van der Waals surface area contributed by atoms with Crippen molar-refractivity contribution in [2.45, 2.75) is 39.4 Å². The fourth-order valence-electron chi connectivity index (χ4n) is 1.92. The van der Waals surface area contributed by atoms with Crippen LogP contribution in [-0.4, -0.2) is 22.4 Å². The summed E-state index contributed by atoms with van der Waals surface area (Å²) in [4.78, 5) is 0. The zero-order valence-electron chi connectivity index (χ0n) is 7.49. The molecule has 1 aliphatic rings. The molecule has 0 bridgehead atoms. The van der Waals surface area contributed by atoms with Crippen molar-refractivity contribution in [3.05, 3.63) is 0 Å². The highest BCUT2D eigenvalue weighted by molar-refractivity contribution is 4.86. The lowest BCUT2D eigenvalue weighted by molar-refractivity contribution is -0.0859. The van der Waals surface area contributed by atoms with E-state index in [0.717, 1.165) is 6.42 Å². The monoisotopic (exact) mass is 158 g/mol. The molecule has 5 atom stereocenters. The van der Waals surface area contributed by atoms with Crippen LogP contribution in [0.15, 0.2) is 0 Å². The van der Waals surface area contributed by atoms with Gasteiger partial charge >= 0.3 is 0 Å². The Morgan fingerprint density at radius 2 is 1.45 bits per heavy atom. The zero-order valence-corrected chi connectivity index (χ0v) is 7.49. The van der Waals surface area contributed by atoms with Crippen LogP contribution >= 0.6 is 0 Å². The molecule has 2 heteroatoms. The minimum Gasteiger partial charge on any atom is -0.390 e. The Balaban J connectivity index is 2.63. The van der Waals surface area contributed by atoms with E-state index in [-0.39, 0.29) is 11.8 Å². The Morgan fingerprint density at radius 1 is 0.909 bits per heavy atom. The Labute approximate surface area is 68.2 Å². The van der Waals surface area contributed by atoms with Gasteiger partial charge in [0.05, 0.1) is 12.2 Å². The molecule has 2 nitrogen and oxygen atoms in total. The molecule has 1 rings (SSSR count). The van der Waals surface area contributed by atoms with Crippen molar-refractivity contribution < 1.29 is 10.2 Å². The van der Waals surface area contributed by atoms with Gasteiger partial charge in [-0.2, -0.15) is 0 Å². The summed E-state index contributed by atoms with van der Waals surface area (Å²) in [6.45, 7) is 6.14. The summed E-state index contributed by atoms with van der Waals surface area (Å²) in [6, 6.07) is 0. The van der Waals surface area contributed by atoms with E-state index in [0.29, 0.717) is 5.92 Å². The SMILES string of the molecule is CC1CC(C)C(O)C(O)C1C. The summed E-state index contributed by atoms with van der Waals surface area (Å²) < 4.78 is 0. The smallest absolute Gasteiger partial charge is 0.0829 e. The van der Waals surface area contributed by atoms with E-state index in [1.807, 2.05) is 13.8 Å². The Bertz CT molecular complexity index is 122. The molecular weight excluding hydrogens is 140 g/mol. The fraction of sp³-hybridized carbons (Fsp3) is 1.00. The van der Waals surface area contributed by atoms with Crippen LogP contribution in [0.25, 0.3) is 0 Å². The summed E-state index contributed by atoms with van der Waals surface area (Å²) in [5.41, 5.74) is 0. The van der Waals surface area contributed by atoms with E-state index >= 15 is 0 Å². The molecule has 2 N–H and O–H groups in total. The molecule has 0 heterocycles. The second-order valence-electron chi connectivity index (χ2n) is 4.03. The first kappa shape index (κ1) is 9.01. The normalized spacial score (nSPS) is 52.6. The molecule has 11 heavy (non-hydrogen) atoms. The summed E-state index contributed by atoms with van der Waals surface area (Å²) in [5.74, 6) is 1.01. The maximum Gasteiger partial charge on any atom is 0.0829 e. The van der Waals surface area contributed by atoms with Gasteiger partial charge in [-0.05, 0) is 24.2 Å². The Morgan fingerprint density at radius 3 is 2.00 bits per heavy atom. The van der Waals surface area contributed by atoms with Gasteiger partial charge in [0.25, 0.3) is 0 Å². The molecule has 66 valence electrons. The molecule has 0 spiro atoms. The molecule has 0 radical (unpaired) electrons. The highest BCUT2D eigenvalue weighted by Gasteiger charge is 2.36. The zero-order chi connectivity index (χ0) is 8.59. The minimum atomic E-state index is -0.520. The molecule has 0 aromatic heterocycles. The molecule has 0 saturated heterocycles. The molecule has 5 unspecified atom stereocenters. The van der Waals surface area contributed by atoms with Gasteiger partial charge in [-0.15, -0.1) is 0 Å². The van der Waals surface area contributed by atoms with Crippen LogP contribution in [0.2, 0.25) is 0 Å². The molecule has 0 aromatic rings. The molecule has 0 aliphatic heterocycles. The molecule has 0 amide bonds. The lowest BCUT2D eigenvalue weighted by Gasteiger charge is -2.38. The first-order valence-corrected chi connectivity index (χ1v) is 4.40. The van der Waals surface area contributed by atoms with Crippen molar-refractivity contribution in [3.63, 3.8) is 0 Å². The first-order valence-electron chi connectivity index (χ1n) is 4.40. The number of hydrogen-bond donors (Lipinski definition) is 2. The predicted molar refractivity (Wildman–Crippen MR) is 44.1 cm³/mol. The quantitative estimate of drug-likeness (QED) is 0.552. The van der Waals surface area contributed by atoms with Gasteiger partial charge in [-0.1, -0.05) is 20.8 Å². The molecule has 0 aromatic carbocycles. The van der Waals surface area contributed by atoms with Gasteiger partial charge in [0.15, 0.2) is 0 Å². The van der Waals surface area contributed by atoms with Crippen molar-refractivity contribution in [2.24, 2.45) is 17.8 Å². The first-order chi connectivity index (χ1) is 5.04. The van der Waals surface area contributed by atoms with Crippen molar-refractivity contribution in [1.29, 1.82) is 0 Å². The number of hydrogen-bond acceptors (Lipinski definition) is 2. The van der Waals surface area contributed by atoms with E-state index < -0.39 is 12.2 Å². The van der Waals surface area contributed by atoms with Gasteiger partial charge in [0.1, 0.15) is 0 Å². The van der Waals surface area contributed by atoms with E-state index in [1.54, 1.807) is 0 Å². The van der Waals surface area contributed by atoms with Crippen LogP contribution in [0.4, 0.5) is 0 Å². The fourth-order valence-corrected chi connectivity index (χ4v) is 1.92. The van der Waals surface area contributed by atoms with Gasteiger partial charge in [-0.25, -0.2) is 0 Å². The lowest BCUT2D eigenvalue weighted by Crippen LogP contribution is -2.44. The Kier molecular flexibility index (Phi) is 2.55. The second-order valence-corrected chi connectivity index (χ2v) is 4.03. The van der Waals surface area contributed by atoms with Crippen molar-refractivity contribution in [3.8, 4) is 0 Å². The second kappa shape index (κ2) is 3.11.